The molecule has 0 saturated carbocycles. The number of methoxy groups -OCH3 is 1. The van der Waals surface area contributed by atoms with E-state index in [1.54, 1.807) is 36.4 Å². The minimum atomic E-state index is -0.416. The fourth-order valence-corrected chi connectivity index (χ4v) is 2.47. The van der Waals surface area contributed by atoms with Gasteiger partial charge in [-0.3, -0.25) is 10.1 Å². The zero-order valence-electron chi connectivity index (χ0n) is 14.5. The van der Waals surface area contributed by atoms with Gasteiger partial charge in [-0.15, -0.1) is 0 Å². The number of rotatable bonds is 3. The van der Waals surface area contributed by atoms with Crippen LogP contribution in [0, 0.1) is 22.0 Å². The molecule has 0 heterocycles. The third-order valence-electron chi connectivity index (χ3n) is 3.95. The van der Waals surface area contributed by atoms with Crippen molar-refractivity contribution in [3.05, 3.63) is 99.6 Å². The molecule has 0 bridgehead atoms. The lowest BCUT2D eigenvalue weighted by atomic mass is 10.0. The highest BCUT2D eigenvalue weighted by Gasteiger charge is 2.05. The molecule has 0 aromatic heterocycles. The van der Waals surface area contributed by atoms with E-state index in [-0.39, 0.29) is 11.7 Å². The molecule has 0 fully saturated rings. The van der Waals surface area contributed by atoms with Crippen molar-refractivity contribution in [2.45, 2.75) is 0 Å². The first kappa shape index (κ1) is 17.9. The summed E-state index contributed by atoms with van der Waals surface area (Å²) in [6, 6.07) is 20.9. The number of non-ortho nitro benzene ring substituents is 1. The highest BCUT2D eigenvalue weighted by molar-refractivity contribution is 5.89. The molecule has 0 aliphatic rings. The summed E-state index contributed by atoms with van der Waals surface area (Å²) in [4.78, 5) is 21.7. The number of nitrogens with zero attached hydrogens (tertiary/aromatic N) is 1. The van der Waals surface area contributed by atoms with Crippen LogP contribution in [0.1, 0.15) is 21.5 Å². The summed E-state index contributed by atoms with van der Waals surface area (Å²) in [7, 11) is 1.34. The zero-order valence-corrected chi connectivity index (χ0v) is 14.5. The average Bonchev–Trinajstić information content (AvgIpc) is 2.72. The Labute approximate surface area is 156 Å². The number of hydrogen-bond donors (Lipinski definition) is 0. The van der Waals surface area contributed by atoms with Crippen molar-refractivity contribution < 1.29 is 14.5 Å². The lowest BCUT2D eigenvalue weighted by Crippen LogP contribution is -2.00. The first-order chi connectivity index (χ1) is 13.1. The van der Waals surface area contributed by atoms with E-state index >= 15 is 0 Å². The summed E-state index contributed by atoms with van der Waals surface area (Å²) in [5.74, 6) is 5.74. The summed E-state index contributed by atoms with van der Waals surface area (Å²) in [5, 5.41) is 10.7. The minimum absolute atomic E-state index is 0.0689. The van der Waals surface area contributed by atoms with Gasteiger partial charge in [0.1, 0.15) is 0 Å². The molecule has 0 spiro atoms. The van der Waals surface area contributed by atoms with E-state index < -0.39 is 4.92 Å². The molecule has 5 nitrogen and oxygen atoms in total. The highest BCUT2D eigenvalue weighted by atomic mass is 16.6. The maximum absolute atomic E-state index is 11.4. The second kappa shape index (κ2) is 7.98. The molecule has 0 atom stereocenters. The number of esters is 1. The molecule has 132 valence electrons. The number of ether oxygens (including phenoxy) is 1. The summed E-state index contributed by atoms with van der Waals surface area (Å²) in [6.07, 6.45) is 0. The smallest absolute Gasteiger partial charge is 0.337 e. The Hall–Kier alpha value is -3.91. The van der Waals surface area contributed by atoms with Crippen LogP contribution in [0.4, 0.5) is 5.69 Å². The van der Waals surface area contributed by atoms with E-state index in [0.717, 1.165) is 22.3 Å². The van der Waals surface area contributed by atoms with Crippen molar-refractivity contribution in [3.63, 3.8) is 0 Å². The van der Waals surface area contributed by atoms with Gasteiger partial charge in [0, 0.05) is 23.3 Å². The molecule has 27 heavy (non-hydrogen) atoms. The molecule has 3 aromatic rings. The Morgan fingerprint density at radius 2 is 1.26 bits per heavy atom. The zero-order chi connectivity index (χ0) is 19.2. The Morgan fingerprint density at radius 1 is 0.815 bits per heavy atom. The van der Waals surface area contributed by atoms with Crippen LogP contribution in [0.5, 0.6) is 0 Å². The molecule has 3 aromatic carbocycles. The maximum Gasteiger partial charge on any atom is 0.337 e. The van der Waals surface area contributed by atoms with E-state index in [1.807, 2.05) is 24.3 Å². The van der Waals surface area contributed by atoms with E-state index in [0.29, 0.717) is 5.56 Å². The molecule has 0 amide bonds. The van der Waals surface area contributed by atoms with Gasteiger partial charge in [0.2, 0.25) is 0 Å². The number of hydrogen-bond acceptors (Lipinski definition) is 4. The number of nitro benzene ring substituents is 1. The quantitative estimate of drug-likeness (QED) is 0.301. The van der Waals surface area contributed by atoms with Gasteiger partial charge in [-0.1, -0.05) is 24.0 Å². The van der Waals surface area contributed by atoms with Crippen LogP contribution < -0.4 is 0 Å². The van der Waals surface area contributed by atoms with Crippen LogP contribution >= 0.6 is 0 Å². The van der Waals surface area contributed by atoms with Crippen molar-refractivity contribution in [1.29, 1.82) is 0 Å². The molecule has 0 saturated heterocycles. The van der Waals surface area contributed by atoms with Gasteiger partial charge in [-0.2, -0.15) is 0 Å². The Morgan fingerprint density at radius 3 is 1.70 bits per heavy atom. The standard InChI is InChI=1S/C22H15NO4/c1-27-22(24)20-10-6-17(7-11-20)3-2-16-4-8-18(9-5-16)19-12-14-21(15-13-19)23(25)26/h4-15H,1H3. The van der Waals surface area contributed by atoms with Gasteiger partial charge in [0.05, 0.1) is 17.6 Å². The normalized spacial score (nSPS) is 9.81. The first-order valence-electron chi connectivity index (χ1n) is 8.12. The minimum Gasteiger partial charge on any atom is -0.465 e. The number of benzene rings is 3. The third-order valence-corrected chi connectivity index (χ3v) is 3.95. The van der Waals surface area contributed by atoms with E-state index in [9.17, 15) is 14.9 Å². The second-order valence-electron chi connectivity index (χ2n) is 5.70. The Kier molecular flexibility index (Phi) is 5.29. The van der Waals surface area contributed by atoms with Gasteiger partial charge in [-0.25, -0.2) is 4.79 Å². The van der Waals surface area contributed by atoms with E-state index in [4.69, 9.17) is 0 Å². The summed E-state index contributed by atoms with van der Waals surface area (Å²) >= 11 is 0. The van der Waals surface area contributed by atoms with Gasteiger partial charge < -0.3 is 4.74 Å². The molecule has 5 heteroatoms. The maximum atomic E-state index is 11.4. The van der Waals surface area contributed by atoms with Gasteiger partial charge in [0.25, 0.3) is 5.69 Å². The van der Waals surface area contributed by atoms with Gasteiger partial charge in [0.15, 0.2) is 0 Å². The van der Waals surface area contributed by atoms with E-state index in [1.165, 1.54) is 19.2 Å². The highest BCUT2D eigenvalue weighted by Crippen LogP contribution is 2.22. The monoisotopic (exact) mass is 357 g/mol. The predicted molar refractivity (Wildman–Crippen MR) is 102 cm³/mol. The topological polar surface area (TPSA) is 69.4 Å². The second-order valence-corrected chi connectivity index (χ2v) is 5.70. The largest absolute Gasteiger partial charge is 0.465 e. The molecule has 0 radical (unpaired) electrons. The summed E-state index contributed by atoms with van der Waals surface area (Å²) in [6.45, 7) is 0. The van der Waals surface area contributed by atoms with Crippen molar-refractivity contribution in [2.24, 2.45) is 0 Å². The van der Waals surface area contributed by atoms with Gasteiger partial charge >= 0.3 is 5.97 Å². The first-order valence-corrected chi connectivity index (χ1v) is 8.12. The number of carbonyl (C=O) groups excluding carboxylic acids is 1. The molecule has 0 N–H and O–H groups in total. The Balaban J connectivity index is 1.74. The van der Waals surface area contributed by atoms with Crippen LogP contribution in [0.2, 0.25) is 0 Å². The van der Waals surface area contributed by atoms with E-state index in [2.05, 4.69) is 16.6 Å². The van der Waals surface area contributed by atoms with Crippen LogP contribution in [0.3, 0.4) is 0 Å². The molecular formula is C22H15NO4. The molecule has 3 rings (SSSR count). The predicted octanol–water partition coefficient (Wildman–Crippen LogP) is 4.45. The molecule has 0 aliphatic carbocycles. The molecule has 0 aliphatic heterocycles. The fourth-order valence-electron chi connectivity index (χ4n) is 2.47. The average molecular weight is 357 g/mol. The Bertz CT molecular complexity index is 1020. The van der Waals surface area contributed by atoms with Crippen molar-refractivity contribution >= 4 is 11.7 Å². The lowest BCUT2D eigenvalue weighted by molar-refractivity contribution is -0.384. The summed E-state index contributed by atoms with van der Waals surface area (Å²) in [5.41, 5.74) is 4.05. The molecular weight excluding hydrogens is 342 g/mol. The van der Waals surface area contributed by atoms with Crippen molar-refractivity contribution in [2.75, 3.05) is 7.11 Å². The lowest BCUT2D eigenvalue weighted by Gasteiger charge is -2.01. The van der Waals surface area contributed by atoms with Crippen LogP contribution in [0.15, 0.2) is 72.8 Å². The number of nitro groups is 1. The summed E-state index contributed by atoms with van der Waals surface area (Å²) < 4.78 is 4.66. The third kappa shape index (κ3) is 4.39. The van der Waals surface area contributed by atoms with Crippen LogP contribution in [-0.4, -0.2) is 18.0 Å². The van der Waals surface area contributed by atoms with Crippen molar-refractivity contribution in [3.8, 4) is 23.0 Å². The molecule has 0 unspecified atom stereocenters. The fraction of sp³-hybridized carbons (Fsp3) is 0.0455. The SMILES string of the molecule is COC(=O)c1ccc(C#Cc2ccc(-c3ccc([N+](=O)[O-])cc3)cc2)cc1. The van der Waals surface area contributed by atoms with Crippen LogP contribution in [0.25, 0.3) is 11.1 Å². The van der Waals surface area contributed by atoms with Crippen molar-refractivity contribution in [1.82, 2.24) is 0 Å². The van der Waals surface area contributed by atoms with Gasteiger partial charge in [-0.05, 0) is 59.7 Å². The van der Waals surface area contributed by atoms with Crippen LogP contribution in [-0.2, 0) is 4.74 Å². The number of carbonyl (C=O) groups is 1.